The Morgan fingerprint density at radius 3 is 2.10 bits per heavy atom. The Balaban J connectivity index is 2.14. The molecular formula is C15H12BrFN2O2. The van der Waals surface area contributed by atoms with Gasteiger partial charge in [0.2, 0.25) is 5.91 Å². The van der Waals surface area contributed by atoms with Crippen molar-refractivity contribution in [2.75, 3.05) is 10.6 Å². The standard InChI is InChI=1S/C15H12BrFN2O2/c1-9(20)18-10-5-7-11(8-6-10)19-15(21)14-12(16)3-2-4-13(14)17/h2-8H,1H3,(H,18,20)(H,19,21). The van der Waals surface area contributed by atoms with Gasteiger partial charge in [-0.2, -0.15) is 0 Å². The quantitative estimate of drug-likeness (QED) is 0.884. The summed E-state index contributed by atoms with van der Waals surface area (Å²) in [4.78, 5) is 23.0. The number of carbonyl (C=O) groups is 2. The Morgan fingerprint density at radius 1 is 1.00 bits per heavy atom. The van der Waals surface area contributed by atoms with E-state index in [4.69, 9.17) is 0 Å². The molecule has 0 fully saturated rings. The highest BCUT2D eigenvalue weighted by molar-refractivity contribution is 9.10. The molecule has 4 nitrogen and oxygen atoms in total. The Bertz CT molecular complexity index is 666. The van der Waals surface area contributed by atoms with Gasteiger partial charge in [-0.15, -0.1) is 0 Å². The summed E-state index contributed by atoms with van der Waals surface area (Å²) in [6.07, 6.45) is 0. The molecule has 0 saturated heterocycles. The molecule has 0 bridgehead atoms. The highest BCUT2D eigenvalue weighted by atomic mass is 79.9. The minimum absolute atomic E-state index is 0.0524. The number of halogens is 2. The van der Waals surface area contributed by atoms with Crippen LogP contribution in [0.1, 0.15) is 17.3 Å². The molecule has 0 aliphatic rings. The molecule has 108 valence electrons. The average Bonchev–Trinajstić information content (AvgIpc) is 2.40. The zero-order valence-electron chi connectivity index (χ0n) is 11.1. The normalized spacial score (nSPS) is 10.0. The van der Waals surface area contributed by atoms with Crippen molar-refractivity contribution in [1.29, 1.82) is 0 Å². The fourth-order valence-corrected chi connectivity index (χ4v) is 2.27. The van der Waals surface area contributed by atoms with Crippen molar-refractivity contribution in [2.24, 2.45) is 0 Å². The summed E-state index contributed by atoms with van der Waals surface area (Å²) in [5.41, 5.74) is 1.07. The lowest BCUT2D eigenvalue weighted by Gasteiger charge is -2.09. The summed E-state index contributed by atoms with van der Waals surface area (Å²) in [5.74, 6) is -1.33. The Morgan fingerprint density at radius 2 is 1.57 bits per heavy atom. The minimum Gasteiger partial charge on any atom is -0.326 e. The number of amides is 2. The van der Waals surface area contributed by atoms with E-state index in [-0.39, 0.29) is 11.5 Å². The van der Waals surface area contributed by atoms with E-state index in [2.05, 4.69) is 26.6 Å². The average molecular weight is 351 g/mol. The van der Waals surface area contributed by atoms with Crippen LogP contribution in [-0.4, -0.2) is 11.8 Å². The van der Waals surface area contributed by atoms with E-state index >= 15 is 0 Å². The molecule has 2 aromatic carbocycles. The van der Waals surface area contributed by atoms with Crippen LogP contribution in [0.4, 0.5) is 15.8 Å². The molecule has 2 amide bonds. The summed E-state index contributed by atoms with van der Waals surface area (Å²) >= 11 is 3.15. The first kappa shape index (κ1) is 15.2. The highest BCUT2D eigenvalue weighted by Gasteiger charge is 2.15. The van der Waals surface area contributed by atoms with E-state index in [1.807, 2.05) is 0 Å². The van der Waals surface area contributed by atoms with Crippen LogP contribution in [0.3, 0.4) is 0 Å². The molecule has 2 rings (SSSR count). The smallest absolute Gasteiger partial charge is 0.259 e. The molecule has 0 radical (unpaired) electrons. The summed E-state index contributed by atoms with van der Waals surface area (Å²) in [7, 11) is 0. The lowest BCUT2D eigenvalue weighted by molar-refractivity contribution is -0.114. The van der Waals surface area contributed by atoms with Crippen molar-refractivity contribution in [1.82, 2.24) is 0 Å². The van der Waals surface area contributed by atoms with Gasteiger partial charge < -0.3 is 10.6 Å². The second-order valence-electron chi connectivity index (χ2n) is 4.31. The summed E-state index contributed by atoms with van der Waals surface area (Å²) in [6.45, 7) is 1.41. The molecular weight excluding hydrogens is 339 g/mol. The van der Waals surface area contributed by atoms with E-state index in [0.29, 0.717) is 15.8 Å². The van der Waals surface area contributed by atoms with Crippen LogP contribution in [-0.2, 0) is 4.79 Å². The van der Waals surface area contributed by atoms with Crippen molar-refractivity contribution >= 4 is 39.1 Å². The van der Waals surface area contributed by atoms with E-state index < -0.39 is 11.7 Å². The van der Waals surface area contributed by atoms with Crippen LogP contribution in [0.15, 0.2) is 46.9 Å². The number of hydrogen-bond acceptors (Lipinski definition) is 2. The van der Waals surface area contributed by atoms with Crippen molar-refractivity contribution in [3.05, 3.63) is 58.3 Å². The van der Waals surface area contributed by atoms with Gasteiger partial charge in [-0.25, -0.2) is 4.39 Å². The predicted molar refractivity (Wildman–Crippen MR) is 82.8 cm³/mol. The third-order valence-corrected chi connectivity index (χ3v) is 3.31. The molecule has 0 saturated carbocycles. The summed E-state index contributed by atoms with van der Waals surface area (Å²) in [6, 6.07) is 10.9. The van der Waals surface area contributed by atoms with E-state index in [0.717, 1.165) is 0 Å². The van der Waals surface area contributed by atoms with Crippen LogP contribution in [0.25, 0.3) is 0 Å². The summed E-state index contributed by atoms with van der Waals surface area (Å²) in [5, 5.41) is 5.21. The van der Waals surface area contributed by atoms with Gasteiger partial charge in [-0.3, -0.25) is 9.59 Å². The molecule has 0 atom stereocenters. The molecule has 0 aliphatic carbocycles. The monoisotopic (exact) mass is 350 g/mol. The molecule has 2 aromatic rings. The van der Waals surface area contributed by atoms with Gasteiger partial charge in [-0.05, 0) is 52.3 Å². The van der Waals surface area contributed by atoms with Crippen molar-refractivity contribution in [3.8, 4) is 0 Å². The van der Waals surface area contributed by atoms with E-state index in [9.17, 15) is 14.0 Å². The Labute approximate surface area is 129 Å². The molecule has 0 unspecified atom stereocenters. The molecule has 21 heavy (non-hydrogen) atoms. The van der Waals surface area contributed by atoms with Gasteiger partial charge in [-0.1, -0.05) is 6.07 Å². The number of hydrogen-bond donors (Lipinski definition) is 2. The number of anilines is 2. The maximum atomic E-state index is 13.7. The van der Waals surface area contributed by atoms with Gasteiger partial charge in [0.1, 0.15) is 5.82 Å². The maximum absolute atomic E-state index is 13.7. The fraction of sp³-hybridized carbons (Fsp3) is 0.0667. The highest BCUT2D eigenvalue weighted by Crippen LogP contribution is 2.21. The van der Waals surface area contributed by atoms with Crippen molar-refractivity contribution in [2.45, 2.75) is 6.92 Å². The zero-order chi connectivity index (χ0) is 15.4. The predicted octanol–water partition coefficient (Wildman–Crippen LogP) is 3.80. The van der Waals surface area contributed by atoms with Gasteiger partial charge in [0.05, 0.1) is 5.56 Å². The number of nitrogens with one attached hydrogen (secondary N) is 2. The van der Waals surface area contributed by atoms with Crippen LogP contribution in [0.2, 0.25) is 0 Å². The first-order chi connectivity index (χ1) is 9.97. The lowest BCUT2D eigenvalue weighted by atomic mass is 10.2. The zero-order valence-corrected chi connectivity index (χ0v) is 12.7. The number of rotatable bonds is 3. The third kappa shape index (κ3) is 3.88. The number of carbonyl (C=O) groups excluding carboxylic acids is 2. The first-order valence-corrected chi connectivity index (χ1v) is 6.89. The Hall–Kier alpha value is -2.21. The minimum atomic E-state index is -0.600. The largest absolute Gasteiger partial charge is 0.326 e. The topological polar surface area (TPSA) is 58.2 Å². The molecule has 2 N–H and O–H groups in total. The van der Waals surface area contributed by atoms with Gasteiger partial charge in [0.15, 0.2) is 0 Å². The molecule has 0 spiro atoms. The van der Waals surface area contributed by atoms with Gasteiger partial charge in [0.25, 0.3) is 5.91 Å². The van der Waals surface area contributed by atoms with Crippen LogP contribution in [0.5, 0.6) is 0 Å². The van der Waals surface area contributed by atoms with E-state index in [1.54, 1.807) is 30.3 Å². The fourth-order valence-electron chi connectivity index (χ4n) is 1.75. The first-order valence-electron chi connectivity index (χ1n) is 6.10. The lowest BCUT2D eigenvalue weighted by Crippen LogP contribution is -2.14. The molecule has 0 aliphatic heterocycles. The molecule has 6 heteroatoms. The van der Waals surface area contributed by atoms with Crippen LogP contribution >= 0.6 is 15.9 Å². The molecule has 0 heterocycles. The SMILES string of the molecule is CC(=O)Nc1ccc(NC(=O)c2c(F)cccc2Br)cc1. The van der Waals surface area contributed by atoms with Crippen LogP contribution < -0.4 is 10.6 Å². The number of benzene rings is 2. The molecule has 0 aromatic heterocycles. The Kier molecular flexibility index (Phi) is 4.70. The van der Waals surface area contributed by atoms with Crippen molar-refractivity contribution in [3.63, 3.8) is 0 Å². The van der Waals surface area contributed by atoms with E-state index in [1.165, 1.54) is 19.1 Å². The summed E-state index contributed by atoms with van der Waals surface area (Å²) < 4.78 is 14.1. The van der Waals surface area contributed by atoms with Gasteiger partial charge in [0, 0.05) is 22.8 Å². The van der Waals surface area contributed by atoms with Gasteiger partial charge >= 0.3 is 0 Å². The van der Waals surface area contributed by atoms with Crippen LogP contribution in [0, 0.1) is 5.82 Å². The second-order valence-corrected chi connectivity index (χ2v) is 5.16. The second kappa shape index (κ2) is 6.49. The third-order valence-electron chi connectivity index (χ3n) is 2.65. The maximum Gasteiger partial charge on any atom is 0.259 e. The van der Waals surface area contributed by atoms with Crippen molar-refractivity contribution < 1.29 is 14.0 Å².